The molecule has 20 rings (SSSR count). The molecule has 0 atom stereocenters. The molecule has 0 N–H and O–H groups in total. The lowest BCUT2D eigenvalue weighted by Gasteiger charge is -2.46. The first kappa shape index (κ1) is 61.4. The van der Waals surface area contributed by atoms with E-state index in [1.165, 1.54) is 104 Å². The van der Waals surface area contributed by atoms with Gasteiger partial charge in [-0.2, -0.15) is 0 Å². The van der Waals surface area contributed by atoms with Crippen LogP contribution in [0.3, 0.4) is 0 Å². The van der Waals surface area contributed by atoms with Crippen molar-refractivity contribution in [3.8, 4) is 72.4 Å². The molecular formula is C100H74BN3. The van der Waals surface area contributed by atoms with Gasteiger partial charge in [0.15, 0.2) is 0 Å². The molecule has 0 saturated heterocycles. The molecule has 0 amide bonds. The van der Waals surface area contributed by atoms with Gasteiger partial charge >= 0.3 is 0 Å². The van der Waals surface area contributed by atoms with Crippen molar-refractivity contribution in [2.45, 2.75) is 52.4 Å². The third-order valence-electron chi connectivity index (χ3n) is 22.5. The first-order valence-electron chi connectivity index (χ1n) is 36.7. The lowest BCUT2D eigenvalue weighted by atomic mass is 9.33. The van der Waals surface area contributed by atoms with Crippen molar-refractivity contribution in [3.63, 3.8) is 0 Å². The normalized spacial score (nSPS) is 12.8. The number of aromatic nitrogens is 1. The zero-order valence-electron chi connectivity index (χ0n) is 59.3. The Balaban J connectivity index is 0.988. The average molecular weight is 1330 g/mol. The molecular weight excluding hydrogens is 1250 g/mol. The van der Waals surface area contributed by atoms with Gasteiger partial charge in [-0.05, 0) is 199 Å². The van der Waals surface area contributed by atoms with Gasteiger partial charge in [0.25, 0.3) is 6.71 Å². The second-order valence-electron chi connectivity index (χ2n) is 30.7. The minimum absolute atomic E-state index is 0.197. The number of hydrogen-bond acceptors (Lipinski definition) is 2. The maximum atomic E-state index is 2.72. The van der Waals surface area contributed by atoms with Crippen molar-refractivity contribution in [3.05, 3.63) is 351 Å². The van der Waals surface area contributed by atoms with Crippen LogP contribution in [0, 0.1) is 0 Å². The molecule has 2 aliphatic heterocycles. The Morgan fingerprint density at radius 1 is 0.250 bits per heavy atom. The van der Waals surface area contributed by atoms with E-state index in [1.54, 1.807) is 0 Å². The third kappa shape index (κ3) is 9.65. The molecule has 0 radical (unpaired) electrons. The van der Waals surface area contributed by atoms with Crippen LogP contribution in [0.1, 0.15) is 52.7 Å². The monoisotopic (exact) mass is 1330 g/mol. The number of hydrogen-bond donors (Lipinski definition) is 0. The molecule has 3 heterocycles. The van der Waals surface area contributed by atoms with Crippen LogP contribution in [-0.4, -0.2) is 11.3 Å². The Bertz CT molecular complexity index is 6280. The first-order chi connectivity index (χ1) is 50.9. The fourth-order valence-electron chi connectivity index (χ4n) is 17.6. The smallest absolute Gasteiger partial charge is 0.252 e. The Hall–Kier alpha value is -12.5. The first-order valence-corrected chi connectivity index (χ1v) is 36.7. The topological polar surface area (TPSA) is 11.4 Å². The van der Waals surface area contributed by atoms with Crippen LogP contribution in [0.2, 0.25) is 0 Å². The maximum Gasteiger partial charge on any atom is 0.252 e. The Morgan fingerprint density at radius 2 is 0.606 bits per heavy atom. The molecule has 0 unspecified atom stereocenters. The van der Waals surface area contributed by atoms with Gasteiger partial charge in [0.1, 0.15) is 0 Å². The molecule has 104 heavy (non-hydrogen) atoms. The molecule has 17 aromatic carbocycles. The van der Waals surface area contributed by atoms with Crippen molar-refractivity contribution in [1.82, 2.24) is 4.57 Å². The quantitative estimate of drug-likeness (QED) is 0.0811. The van der Waals surface area contributed by atoms with Crippen LogP contribution < -0.4 is 26.2 Å². The Kier molecular flexibility index (Phi) is 13.9. The highest BCUT2D eigenvalue weighted by Gasteiger charge is 2.46. The van der Waals surface area contributed by atoms with Crippen LogP contribution in [0.25, 0.3) is 137 Å². The second kappa shape index (κ2) is 23.5. The van der Waals surface area contributed by atoms with E-state index in [9.17, 15) is 0 Å². The second-order valence-corrected chi connectivity index (χ2v) is 30.7. The van der Waals surface area contributed by atoms with Crippen molar-refractivity contribution < 1.29 is 0 Å². The van der Waals surface area contributed by atoms with Gasteiger partial charge in [-0.1, -0.05) is 308 Å². The Morgan fingerprint density at radius 3 is 1.03 bits per heavy atom. The lowest BCUT2D eigenvalue weighted by Crippen LogP contribution is -2.61. The summed E-state index contributed by atoms with van der Waals surface area (Å²) in [7, 11) is 0. The largest absolute Gasteiger partial charge is 0.310 e. The summed E-state index contributed by atoms with van der Waals surface area (Å²) >= 11 is 0. The SMILES string of the molecule is CC(C)(C)c1cc(-c2ccccc2)c(N2c3ccc(-c4ccccc4)cc3B3c4cc(-c5cc6cccc7c8cccc9cccc(c(c5)c67)c98)ccc4N(c4c(-c5ccccc5)cc(C(C)(C)C)cc4-c4ccccc4)c4cc(-n5c6ccccc6c6ccccc65)cc2c43)c(-c2ccccc2)c1. The third-order valence-corrected chi connectivity index (χ3v) is 22.5. The summed E-state index contributed by atoms with van der Waals surface area (Å²) in [5, 5.41) is 12.7. The van der Waals surface area contributed by atoms with Gasteiger partial charge in [0.05, 0.1) is 28.1 Å². The predicted molar refractivity (Wildman–Crippen MR) is 446 cm³/mol. The van der Waals surface area contributed by atoms with Gasteiger partial charge in [-0.3, -0.25) is 0 Å². The fraction of sp³-hybridized carbons (Fsp3) is 0.0800. The van der Waals surface area contributed by atoms with E-state index in [2.05, 4.69) is 396 Å². The molecule has 492 valence electrons. The van der Waals surface area contributed by atoms with Crippen LogP contribution in [0.5, 0.6) is 0 Å². The minimum atomic E-state index is -0.289. The van der Waals surface area contributed by atoms with Gasteiger partial charge in [-0.15, -0.1) is 0 Å². The summed E-state index contributed by atoms with van der Waals surface area (Å²) < 4.78 is 2.55. The molecule has 2 aliphatic rings. The highest BCUT2D eigenvalue weighted by molar-refractivity contribution is 7.00. The summed E-state index contributed by atoms with van der Waals surface area (Å²) in [5.74, 6) is 0. The zero-order chi connectivity index (χ0) is 69.7. The number of anilines is 6. The van der Waals surface area contributed by atoms with E-state index < -0.39 is 0 Å². The molecule has 4 heteroatoms. The summed E-state index contributed by atoms with van der Waals surface area (Å²) in [4.78, 5) is 5.43. The standard InChI is InChI=1S/C100H74BN3/c1-99(2,3)73-57-81(64-31-14-8-15-32-64)97(82(58-73)65-33-16-9-17-34-65)103-90-51-49-69(63-29-12-7-13-30-63)55-86(90)101-87-56-70(72-53-71-41-28-45-79-78-44-26-39-68-40-27-46-80(94(68)78)85(54-72)95(71)79)50-52-91(87)104(93-62-75(61-92(103)96(93)101)102-88-47-24-22-42-76(88)77-43-23-25-48-89(77)102)98-83(66-35-18-10-19-36-66)59-74(100(4,5)6)60-84(98)67-37-20-11-21-38-67/h7-62H,1-6H3. The number of nitrogens with zero attached hydrogens (tertiary/aromatic N) is 3. The summed E-state index contributed by atoms with van der Waals surface area (Å²) in [6.45, 7) is 13.9. The van der Waals surface area contributed by atoms with Gasteiger partial charge < -0.3 is 14.4 Å². The predicted octanol–water partition coefficient (Wildman–Crippen LogP) is 25.5. The van der Waals surface area contributed by atoms with Gasteiger partial charge in [0, 0.05) is 55.8 Å². The lowest BCUT2D eigenvalue weighted by molar-refractivity contribution is 0.590. The summed E-state index contributed by atoms with van der Waals surface area (Å²) in [6, 6.07) is 129. The van der Waals surface area contributed by atoms with Crippen molar-refractivity contribution in [1.29, 1.82) is 0 Å². The van der Waals surface area contributed by atoms with Gasteiger partial charge in [-0.25, -0.2) is 0 Å². The zero-order valence-corrected chi connectivity index (χ0v) is 59.3. The number of benzene rings is 17. The van der Waals surface area contributed by atoms with E-state index >= 15 is 0 Å². The van der Waals surface area contributed by atoms with Gasteiger partial charge in [0.2, 0.25) is 0 Å². The molecule has 1 aromatic heterocycles. The average Bonchev–Trinajstić information content (AvgIpc) is 0.812. The van der Waals surface area contributed by atoms with E-state index in [1.807, 2.05) is 0 Å². The molecule has 0 fully saturated rings. The Labute approximate surface area is 608 Å². The molecule has 0 saturated carbocycles. The maximum absolute atomic E-state index is 2.72. The van der Waals surface area contributed by atoms with Crippen molar-refractivity contribution in [2.75, 3.05) is 9.80 Å². The van der Waals surface area contributed by atoms with E-state index in [0.29, 0.717) is 0 Å². The van der Waals surface area contributed by atoms with Crippen LogP contribution in [0.4, 0.5) is 34.1 Å². The minimum Gasteiger partial charge on any atom is -0.310 e. The molecule has 18 aromatic rings. The molecule has 0 bridgehead atoms. The number of fused-ring (bicyclic) bond motifs is 9. The summed E-state index contributed by atoms with van der Waals surface area (Å²) in [6.07, 6.45) is 0. The summed E-state index contributed by atoms with van der Waals surface area (Å²) in [5.41, 5.74) is 29.9. The highest BCUT2D eigenvalue weighted by Crippen LogP contribution is 2.56. The van der Waals surface area contributed by atoms with Crippen molar-refractivity contribution >= 4 is 122 Å². The fourth-order valence-corrected chi connectivity index (χ4v) is 17.6. The molecule has 0 spiro atoms. The van der Waals surface area contributed by atoms with E-state index in [-0.39, 0.29) is 17.5 Å². The number of rotatable bonds is 9. The van der Waals surface area contributed by atoms with Crippen LogP contribution in [0.15, 0.2) is 340 Å². The van der Waals surface area contributed by atoms with E-state index in [4.69, 9.17) is 0 Å². The van der Waals surface area contributed by atoms with E-state index in [0.717, 1.165) is 95.4 Å². The number of para-hydroxylation sites is 2. The van der Waals surface area contributed by atoms with Crippen molar-refractivity contribution in [2.24, 2.45) is 0 Å². The molecule has 0 aliphatic carbocycles. The highest BCUT2D eigenvalue weighted by atomic mass is 15.2. The van der Waals surface area contributed by atoms with Crippen LogP contribution >= 0.6 is 0 Å². The van der Waals surface area contributed by atoms with Crippen LogP contribution in [-0.2, 0) is 10.8 Å². The molecule has 3 nitrogen and oxygen atoms in total.